The van der Waals surface area contributed by atoms with Crippen LogP contribution in [0.5, 0.6) is 5.75 Å². The monoisotopic (exact) mass is 355 g/mol. The van der Waals surface area contributed by atoms with Crippen LogP contribution < -0.4 is 10.1 Å². The summed E-state index contributed by atoms with van der Waals surface area (Å²) in [6, 6.07) is 15.3. The van der Waals surface area contributed by atoms with Gasteiger partial charge in [-0.15, -0.1) is 0 Å². The van der Waals surface area contributed by atoms with Gasteiger partial charge in [0.05, 0.1) is 0 Å². The second-order valence-electron chi connectivity index (χ2n) is 5.58. The van der Waals surface area contributed by atoms with Crippen LogP contribution in [0.2, 0.25) is 0 Å². The molecule has 0 unspecified atom stereocenters. The van der Waals surface area contributed by atoms with Crippen molar-refractivity contribution in [3.8, 4) is 5.75 Å². The molecule has 0 heterocycles. The summed E-state index contributed by atoms with van der Waals surface area (Å²) in [5, 5.41) is 2.69. The van der Waals surface area contributed by atoms with Crippen LogP contribution in [-0.4, -0.2) is 30.4 Å². The quantitative estimate of drug-likeness (QED) is 0.581. The smallest absolute Gasteiger partial charge is 0.347 e. The van der Waals surface area contributed by atoms with Crippen molar-refractivity contribution in [3.63, 3.8) is 0 Å². The van der Waals surface area contributed by atoms with Crippen LogP contribution in [0.15, 0.2) is 54.6 Å². The Bertz CT molecular complexity index is 756. The van der Waals surface area contributed by atoms with Gasteiger partial charge in [0.2, 0.25) is 5.91 Å². The topological polar surface area (TPSA) is 81.7 Å². The number of carbonyl (C=O) groups is 3. The Labute approximate surface area is 152 Å². The first kappa shape index (κ1) is 19.2. The number of hydrogen-bond donors (Lipinski definition) is 1. The molecule has 2 aromatic carbocycles. The van der Waals surface area contributed by atoms with Gasteiger partial charge in [0.15, 0.2) is 18.5 Å². The molecule has 1 N–H and O–H groups in total. The summed E-state index contributed by atoms with van der Waals surface area (Å²) in [6.07, 6.45) is -0.448. The number of carbonyl (C=O) groups excluding carboxylic acids is 3. The van der Waals surface area contributed by atoms with Crippen molar-refractivity contribution in [1.29, 1.82) is 0 Å². The molecule has 26 heavy (non-hydrogen) atoms. The maximum atomic E-state index is 12.1. The van der Waals surface area contributed by atoms with E-state index in [4.69, 9.17) is 9.47 Å². The number of hydrogen-bond acceptors (Lipinski definition) is 5. The van der Waals surface area contributed by atoms with E-state index in [0.29, 0.717) is 23.4 Å². The van der Waals surface area contributed by atoms with E-state index in [2.05, 4.69) is 5.32 Å². The Balaban J connectivity index is 1.83. The lowest BCUT2D eigenvalue weighted by Crippen LogP contribution is -2.28. The van der Waals surface area contributed by atoms with Gasteiger partial charge < -0.3 is 14.8 Å². The molecule has 136 valence electrons. The van der Waals surface area contributed by atoms with Crippen LogP contribution in [0.3, 0.4) is 0 Å². The van der Waals surface area contributed by atoms with E-state index in [0.717, 1.165) is 0 Å². The SMILES string of the molecule is CCC(=O)Nc1ccc(C(=O)COC(=O)[C@@H](C)Oc2ccccc2)cc1. The van der Waals surface area contributed by atoms with E-state index in [1.807, 2.05) is 6.07 Å². The molecule has 1 atom stereocenters. The number of nitrogens with one attached hydrogen (secondary N) is 1. The summed E-state index contributed by atoms with van der Waals surface area (Å²) in [5.74, 6) is -0.508. The fourth-order valence-corrected chi connectivity index (χ4v) is 2.08. The fourth-order valence-electron chi connectivity index (χ4n) is 2.08. The minimum Gasteiger partial charge on any atom is -0.479 e. The average Bonchev–Trinajstić information content (AvgIpc) is 2.67. The van der Waals surface area contributed by atoms with Crippen LogP contribution in [0.25, 0.3) is 0 Å². The molecule has 0 aromatic heterocycles. The predicted octanol–water partition coefficient (Wildman–Crippen LogP) is 3.23. The van der Waals surface area contributed by atoms with Crippen molar-refractivity contribution in [2.45, 2.75) is 26.4 Å². The third-order valence-electron chi connectivity index (χ3n) is 3.55. The molecule has 0 saturated carbocycles. The Hall–Kier alpha value is -3.15. The van der Waals surface area contributed by atoms with Crippen LogP contribution in [0, 0.1) is 0 Å². The standard InChI is InChI=1S/C20H21NO5/c1-3-19(23)21-16-11-9-15(10-12-16)18(22)13-25-20(24)14(2)26-17-7-5-4-6-8-17/h4-12,14H,3,13H2,1-2H3,(H,21,23)/t14-/m1/s1. The van der Waals surface area contributed by atoms with Gasteiger partial charge in [-0.05, 0) is 43.3 Å². The third kappa shape index (κ3) is 5.73. The highest BCUT2D eigenvalue weighted by Crippen LogP contribution is 2.13. The van der Waals surface area contributed by atoms with Crippen molar-refractivity contribution in [3.05, 3.63) is 60.2 Å². The number of Topliss-reactive ketones (excluding diaryl/α,β-unsaturated/α-hetero) is 1. The molecule has 2 aromatic rings. The highest BCUT2D eigenvalue weighted by molar-refractivity contribution is 5.99. The highest BCUT2D eigenvalue weighted by atomic mass is 16.6. The summed E-state index contributed by atoms with van der Waals surface area (Å²) >= 11 is 0. The average molecular weight is 355 g/mol. The van der Waals surface area contributed by atoms with E-state index in [-0.39, 0.29) is 18.3 Å². The number of para-hydroxylation sites is 1. The lowest BCUT2D eigenvalue weighted by Gasteiger charge is -2.13. The zero-order chi connectivity index (χ0) is 18.9. The van der Waals surface area contributed by atoms with Gasteiger partial charge in [-0.3, -0.25) is 9.59 Å². The van der Waals surface area contributed by atoms with Crippen LogP contribution in [0.1, 0.15) is 30.6 Å². The molecule has 6 heteroatoms. The molecule has 0 aliphatic carbocycles. The molecule has 0 radical (unpaired) electrons. The van der Waals surface area contributed by atoms with Crippen LogP contribution >= 0.6 is 0 Å². The summed E-state index contributed by atoms with van der Waals surface area (Å²) < 4.78 is 10.5. The molecule has 0 aliphatic rings. The molecule has 2 rings (SSSR count). The van der Waals surface area contributed by atoms with Crippen molar-refractivity contribution < 1.29 is 23.9 Å². The van der Waals surface area contributed by atoms with Gasteiger partial charge in [-0.2, -0.15) is 0 Å². The van der Waals surface area contributed by atoms with Gasteiger partial charge in [-0.1, -0.05) is 25.1 Å². The van der Waals surface area contributed by atoms with Gasteiger partial charge in [-0.25, -0.2) is 4.79 Å². The Kier molecular flexibility index (Phi) is 6.91. The number of rotatable bonds is 8. The number of amides is 1. The number of ketones is 1. The number of ether oxygens (including phenoxy) is 2. The third-order valence-corrected chi connectivity index (χ3v) is 3.55. The van der Waals surface area contributed by atoms with Gasteiger partial charge in [0.1, 0.15) is 5.75 Å². The first-order valence-electron chi connectivity index (χ1n) is 8.31. The Morgan fingerprint density at radius 2 is 1.65 bits per heavy atom. The minimum atomic E-state index is -0.822. The number of esters is 1. The van der Waals surface area contributed by atoms with Gasteiger partial charge in [0.25, 0.3) is 0 Å². The summed E-state index contributed by atoms with van der Waals surface area (Å²) in [6.45, 7) is 2.94. The Morgan fingerprint density at radius 3 is 2.27 bits per heavy atom. The summed E-state index contributed by atoms with van der Waals surface area (Å²) in [4.78, 5) is 35.4. The maximum absolute atomic E-state index is 12.1. The van der Waals surface area contributed by atoms with E-state index in [1.165, 1.54) is 0 Å². The largest absolute Gasteiger partial charge is 0.479 e. The second-order valence-corrected chi connectivity index (χ2v) is 5.58. The molecular weight excluding hydrogens is 334 g/mol. The zero-order valence-corrected chi connectivity index (χ0v) is 14.7. The van der Waals surface area contributed by atoms with E-state index >= 15 is 0 Å². The van der Waals surface area contributed by atoms with E-state index < -0.39 is 12.1 Å². The molecule has 0 fully saturated rings. The predicted molar refractivity (Wildman–Crippen MR) is 97.2 cm³/mol. The normalized spacial score (nSPS) is 11.3. The molecule has 0 spiro atoms. The first-order chi connectivity index (χ1) is 12.5. The molecule has 0 bridgehead atoms. The molecule has 0 saturated heterocycles. The number of anilines is 1. The van der Waals surface area contributed by atoms with Crippen molar-refractivity contribution in [2.24, 2.45) is 0 Å². The van der Waals surface area contributed by atoms with Crippen LogP contribution in [-0.2, 0) is 14.3 Å². The number of benzene rings is 2. The van der Waals surface area contributed by atoms with Crippen molar-refractivity contribution >= 4 is 23.3 Å². The molecule has 6 nitrogen and oxygen atoms in total. The fraction of sp³-hybridized carbons (Fsp3) is 0.250. The van der Waals surface area contributed by atoms with E-state index in [9.17, 15) is 14.4 Å². The molecule has 1 amide bonds. The van der Waals surface area contributed by atoms with Crippen LogP contribution in [0.4, 0.5) is 5.69 Å². The Morgan fingerprint density at radius 1 is 1.00 bits per heavy atom. The molecular formula is C20H21NO5. The summed E-state index contributed by atoms with van der Waals surface area (Å²) in [5.41, 5.74) is 0.999. The summed E-state index contributed by atoms with van der Waals surface area (Å²) in [7, 11) is 0. The highest BCUT2D eigenvalue weighted by Gasteiger charge is 2.18. The zero-order valence-electron chi connectivity index (χ0n) is 14.7. The van der Waals surface area contributed by atoms with Gasteiger partial charge >= 0.3 is 5.97 Å². The lowest BCUT2D eigenvalue weighted by atomic mass is 10.1. The lowest BCUT2D eigenvalue weighted by molar-refractivity contribution is -0.149. The van der Waals surface area contributed by atoms with Crippen molar-refractivity contribution in [1.82, 2.24) is 0 Å². The van der Waals surface area contributed by atoms with E-state index in [1.54, 1.807) is 62.4 Å². The maximum Gasteiger partial charge on any atom is 0.347 e. The van der Waals surface area contributed by atoms with Gasteiger partial charge in [0, 0.05) is 17.7 Å². The first-order valence-corrected chi connectivity index (χ1v) is 8.31. The minimum absolute atomic E-state index is 0.106. The second kappa shape index (κ2) is 9.36. The van der Waals surface area contributed by atoms with Crippen molar-refractivity contribution in [2.75, 3.05) is 11.9 Å². The molecule has 0 aliphatic heterocycles.